The van der Waals surface area contributed by atoms with Crippen LogP contribution in [-0.4, -0.2) is 37.4 Å². The summed E-state index contributed by atoms with van der Waals surface area (Å²) < 4.78 is 0. The average molecular weight is 325 g/mol. The highest BCUT2D eigenvalue weighted by Crippen LogP contribution is 1.98. The first-order valence-corrected chi connectivity index (χ1v) is 7.60. The molecule has 0 aliphatic carbocycles. The van der Waals surface area contributed by atoms with Crippen molar-refractivity contribution in [1.29, 1.82) is 0 Å². The Morgan fingerprint density at radius 1 is 0.625 bits per heavy atom. The molecule has 0 aliphatic rings. The van der Waals surface area contributed by atoms with Crippen molar-refractivity contribution in [1.82, 2.24) is 16.0 Å². The summed E-state index contributed by atoms with van der Waals surface area (Å²) in [6.07, 6.45) is 0. The molecule has 0 aliphatic heterocycles. The van der Waals surface area contributed by atoms with E-state index in [9.17, 15) is 14.4 Å². The van der Waals surface area contributed by atoms with Crippen molar-refractivity contribution in [3.05, 3.63) is 71.8 Å². The van der Waals surface area contributed by atoms with Crippen molar-refractivity contribution in [2.75, 3.05) is 19.6 Å². The van der Waals surface area contributed by atoms with Gasteiger partial charge in [-0.3, -0.25) is 14.4 Å². The normalized spacial score (nSPS) is 9.83. The van der Waals surface area contributed by atoms with Crippen molar-refractivity contribution >= 4 is 17.7 Å². The fourth-order valence-electron chi connectivity index (χ4n) is 1.98. The quantitative estimate of drug-likeness (QED) is 0.663. The molecular formula is C18H19N3O3. The van der Waals surface area contributed by atoms with E-state index in [4.69, 9.17) is 0 Å². The molecule has 24 heavy (non-hydrogen) atoms. The highest BCUT2D eigenvalue weighted by Gasteiger charge is 2.07. The molecule has 0 unspecified atom stereocenters. The molecule has 0 bridgehead atoms. The molecule has 0 spiro atoms. The lowest BCUT2D eigenvalue weighted by molar-refractivity contribution is -0.120. The van der Waals surface area contributed by atoms with Gasteiger partial charge in [-0.1, -0.05) is 36.4 Å². The van der Waals surface area contributed by atoms with Crippen molar-refractivity contribution in [2.24, 2.45) is 0 Å². The maximum atomic E-state index is 11.8. The lowest BCUT2D eigenvalue weighted by Crippen LogP contribution is -2.40. The van der Waals surface area contributed by atoms with Crippen LogP contribution in [0.3, 0.4) is 0 Å². The smallest absolute Gasteiger partial charge is 0.251 e. The van der Waals surface area contributed by atoms with Crippen molar-refractivity contribution in [3.8, 4) is 0 Å². The molecule has 3 N–H and O–H groups in total. The molecule has 2 aromatic carbocycles. The summed E-state index contributed by atoms with van der Waals surface area (Å²) in [5.74, 6) is -0.807. The topological polar surface area (TPSA) is 87.3 Å². The minimum Gasteiger partial charge on any atom is -0.353 e. The maximum absolute atomic E-state index is 11.8. The Morgan fingerprint density at radius 3 is 1.62 bits per heavy atom. The first-order valence-electron chi connectivity index (χ1n) is 7.60. The van der Waals surface area contributed by atoms with Gasteiger partial charge in [-0.15, -0.1) is 0 Å². The number of benzene rings is 2. The Balaban J connectivity index is 1.62. The van der Waals surface area contributed by atoms with Gasteiger partial charge in [0, 0.05) is 24.2 Å². The Kier molecular flexibility index (Phi) is 6.52. The highest BCUT2D eigenvalue weighted by atomic mass is 16.2. The monoisotopic (exact) mass is 325 g/mol. The summed E-state index contributed by atoms with van der Waals surface area (Å²) in [7, 11) is 0. The molecule has 124 valence electrons. The average Bonchev–Trinajstić information content (AvgIpc) is 2.64. The summed E-state index contributed by atoms with van der Waals surface area (Å²) >= 11 is 0. The summed E-state index contributed by atoms with van der Waals surface area (Å²) in [5, 5.41) is 7.87. The molecule has 0 heterocycles. The number of amides is 3. The molecule has 6 nitrogen and oxygen atoms in total. The second kappa shape index (κ2) is 9.09. The second-order valence-corrected chi connectivity index (χ2v) is 5.02. The third kappa shape index (κ3) is 5.57. The van der Waals surface area contributed by atoms with Crippen LogP contribution in [-0.2, 0) is 4.79 Å². The van der Waals surface area contributed by atoms with Gasteiger partial charge in [0.05, 0.1) is 6.54 Å². The van der Waals surface area contributed by atoms with Gasteiger partial charge in [0.15, 0.2) is 0 Å². The van der Waals surface area contributed by atoms with Gasteiger partial charge in [-0.05, 0) is 24.3 Å². The van der Waals surface area contributed by atoms with E-state index < -0.39 is 0 Å². The summed E-state index contributed by atoms with van der Waals surface area (Å²) in [6.45, 7) is 0.491. The van der Waals surface area contributed by atoms with Gasteiger partial charge in [-0.2, -0.15) is 0 Å². The third-order valence-corrected chi connectivity index (χ3v) is 3.21. The van der Waals surface area contributed by atoms with E-state index in [0.717, 1.165) is 0 Å². The van der Waals surface area contributed by atoms with Crippen LogP contribution in [0.1, 0.15) is 20.7 Å². The van der Waals surface area contributed by atoms with Gasteiger partial charge in [-0.25, -0.2) is 0 Å². The molecule has 0 aromatic heterocycles. The maximum Gasteiger partial charge on any atom is 0.251 e. The fraction of sp³-hybridized carbons (Fsp3) is 0.167. The van der Waals surface area contributed by atoms with Gasteiger partial charge < -0.3 is 16.0 Å². The van der Waals surface area contributed by atoms with E-state index in [1.165, 1.54) is 0 Å². The summed E-state index contributed by atoms with van der Waals surface area (Å²) in [5.41, 5.74) is 1.07. The summed E-state index contributed by atoms with van der Waals surface area (Å²) in [6, 6.07) is 17.5. The van der Waals surface area contributed by atoms with E-state index >= 15 is 0 Å². The van der Waals surface area contributed by atoms with Gasteiger partial charge in [0.1, 0.15) is 0 Å². The standard InChI is InChI=1S/C18H19N3O3/c22-16(13-21-18(24)15-9-5-2-6-10-15)19-11-12-20-17(23)14-7-3-1-4-8-14/h1-10H,11-13H2,(H,19,22)(H,20,23)(H,21,24). The van der Waals surface area contributed by atoms with Crippen LogP contribution in [0.2, 0.25) is 0 Å². The zero-order valence-corrected chi connectivity index (χ0v) is 13.1. The molecule has 0 fully saturated rings. The van der Waals surface area contributed by atoms with E-state index in [1.807, 2.05) is 12.1 Å². The lowest BCUT2D eigenvalue weighted by atomic mass is 10.2. The van der Waals surface area contributed by atoms with Crippen LogP contribution in [0.4, 0.5) is 0 Å². The van der Waals surface area contributed by atoms with Crippen molar-refractivity contribution in [2.45, 2.75) is 0 Å². The predicted octanol–water partition coefficient (Wildman–Crippen LogP) is 0.963. The summed E-state index contributed by atoms with van der Waals surface area (Å²) in [4.78, 5) is 35.2. The van der Waals surface area contributed by atoms with Crippen molar-refractivity contribution < 1.29 is 14.4 Å². The first kappa shape index (κ1) is 17.2. The lowest BCUT2D eigenvalue weighted by Gasteiger charge is -2.08. The SMILES string of the molecule is O=C(CNC(=O)c1ccccc1)NCCNC(=O)c1ccccc1. The molecule has 0 saturated carbocycles. The first-order chi connectivity index (χ1) is 11.7. The van der Waals surface area contributed by atoms with Gasteiger partial charge >= 0.3 is 0 Å². The number of hydrogen-bond donors (Lipinski definition) is 3. The Morgan fingerprint density at radius 2 is 1.08 bits per heavy atom. The van der Waals surface area contributed by atoms with E-state index in [1.54, 1.807) is 48.5 Å². The van der Waals surface area contributed by atoms with Crippen LogP contribution >= 0.6 is 0 Å². The van der Waals surface area contributed by atoms with Crippen molar-refractivity contribution in [3.63, 3.8) is 0 Å². The predicted molar refractivity (Wildman–Crippen MR) is 90.6 cm³/mol. The van der Waals surface area contributed by atoms with E-state index in [0.29, 0.717) is 24.2 Å². The Labute approximate surface area is 140 Å². The third-order valence-electron chi connectivity index (χ3n) is 3.21. The van der Waals surface area contributed by atoms with Crippen LogP contribution in [0, 0.1) is 0 Å². The Bertz CT molecular complexity index is 687. The zero-order chi connectivity index (χ0) is 17.2. The minimum absolute atomic E-state index is 0.111. The Hall–Kier alpha value is -3.15. The van der Waals surface area contributed by atoms with Crippen LogP contribution in [0.15, 0.2) is 60.7 Å². The minimum atomic E-state index is -0.312. The van der Waals surface area contributed by atoms with Crippen LogP contribution in [0.5, 0.6) is 0 Å². The number of carbonyl (C=O) groups excluding carboxylic acids is 3. The van der Waals surface area contributed by atoms with E-state index in [2.05, 4.69) is 16.0 Å². The van der Waals surface area contributed by atoms with Gasteiger partial charge in [0.25, 0.3) is 11.8 Å². The largest absolute Gasteiger partial charge is 0.353 e. The number of nitrogens with one attached hydrogen (secondary N) is 3. The molecule has 2 aromatic rings. The number of hydrogen-bond acceptors (Lipinski definition) is 3. The zero-order valence-electron chi connectivity index (χ0n) is 13.1. The number of carbonyl (C=O) groups is 3. The molecule has 6 heteroatoms. The molecule has 2 rings (SSSR count). The van der Waals surface area contributed by atoms with Crippen LogP contribution < -0.4 is 16.0 Å². The molecule has 0 saturated heterocycles. The molecular weight excluding hydrogens is 306 g/mol. The van der Waals surface area contributed by atoms with E-state index in [-0.39, 0.29) is 24.3 Å². The second-order valence-electron chi connectivity index (χ2n) is 5.02. The molecule has 0 atom stereocenters. The number of rotatable bonds is 7. The van der Waals surface area contributed by atoms with Gasteiger partial charge in [0.2, 0.25) is 5.91 Å². The highest BCUT2D eigenvalue weighted by molar-refractivity contribution is 5.96. The van der Waals surface area contributed by atoms with Crippen LogP contribution in [0.25, 0.3) is 0 Å². The molecule has 0 radical (unpaired) electrons. The fourth-order valence-corrected chi connectivity index (χ4v) is 1.98. The molecule has 3 amide bonds.